The lowest BCUT2D eigenvalue weighted by atomic mass is 9.85. The van der Waals surface area contributed by atoms with Gasteiger partial charge in [-0.25, -0.2) is 4.39 Å². The molecule has 0 radical (unpaired) electrons. The van der Waals surface area contributed by atoms with Gasteiger partial charge in [0.1, 0.15) is 5.82 Å². The van der Waals surface area contributed by atoms with Crippen LogP contribution in [0.1, 0.15) is 23.1 Å². The van der Waals surface area contributed by atoms with Crippen molar-refractivity contribution >= 4 is 11.6 Å². The standard InChI is InChI=1S/C15H13ClFN/c16-14-4-2-1-3-13(14)15(18)8-7-10-9-11(17)5-6-12(10)15/h1-6,9H,7-8,18H2. The smallest absolute Gasteiger partial charge is 0.123 e. The van der Waals surface area contributed by atoms with Gasteiger partial charge in [0.15, 0.2) is 0 Å². The van der Waals surface area contributed by atoms with Crippen molar-refractivity contribution in [2.24, 2.45) is 5.73 Å². The number of hydrogen-bond acceptors (Lipinski definition) is 1. The van der Waals surface area contributed by atoms with Crippen LogP contribution in [-0.2, 0) is 12.0 Å². The Hall–Kier alpha value is -1.38. The van der Waals surface area contributed by atoms with Crippen LogP contribution in [0.15, 0.2) is 42.5 Å². The van der Waals surface area contributed by atoms with Gasteiger partial charge < -0.3 is 5.73 Å². The van der Waals surface area contributed by atoms with Gasteiger partial charge in [0.05, 0.1) is 5.54 Å². The van der Waals surface area contributed by atoms with Crippen molar-refractivity contribution < 1.29 is 4.39 Å². The van der Waals surface area contributed by atoms with E-state index in [1.807, 2.05) is 24.3 Å². The minimum atomic E-state index is -0.596. The van der Waals surface area contributed by atoms with E-state index in [9.17, 15) is 4.39 Å². The molecule has 1 nitrogen and oxygen atoms in total. The van der Waals surface area contributed by atoms with Gasteiger partial charge in [0, 0.05) is 5.02 Å². The van der Waals surface area contributed by atoms with Gasteiger partial charge in [0.25, 0.3) is 0 Å². The predicted octanol–water partition coefficient (Wildman–Crippen LogP) is 3.63. The fourth-order valence-corrected chi connectivity index (χ4v) is 3.08. The van der Waals surface area contributed by atoms with Crippen LogP contribution in [0.25, 0.3) is 0 Å². The number of aryl methyl sites for hydroxylation is 1. The molecule has 2 aromatic carbocycles. The molecule has 0 heterocycles. The van der Waals surface area contributed by atoms with Crippen LogP contribution in [-0.4, -0.2) is 0 Å². The zero-order valence-corrected chi connectivity index (χ0v) is 10.5. The molecule has 3 rings (SSSR count). The van der Waals surface area contributed by atoms with E-state index in [-0.39, 0.29) is 5.82 Å². The highest BCUT2D eigenvalue weighted by Crippen LogP contribution is 2.42. The van der Waals surface area contributed by atoms with E-state index in [4.69, 9.17) is 17.3 Å². The maximum absolute atomic E-state index is 13.2. The van der Waals surface area contributed by atoms with Crippen molar-refractivity contribution in [2.75, 3.05) is 0 Å². The highest BCUT2D eigenvalue weighted by Gasteiger charge is 2.37. The molecule has 2 N–H and O–H groups in total. The van der Waals surface area contributed by atoms with Gasteiger partial charge in [-0.05, 0) is 47.7 Å². The van der Waals surface area contributed by atoms with E-state index in [1.54, 1.807) is 12.1 Å². The van der Waals surface area contributed by atoms with Crippen molar-refractivity contribution in [1.82, 2.24) is 0 Å². The van der Waals surface area contributed by atoms with Crippen LogP contribution >= 0.6 is 11.6 Å². The van der Waals surface area contributed by atoms with Gasteiger partial charge in [-0.3, -0.25) is 0 Å². The average Bonchev–Trinajstić information content (AvgIpc) is 2.68. The summed E-state index contributed by atoms with van der Waals surface area (Å²) in [6.07, 6.45) is 1.55. The molecule has 1 aliphatic rings. The van der Waals surface area contributed by atoms with E-state index in [2.05, 4.69) is 0 Å². The fraction of sp³-hybridized carbons (Fsp3) is 0.200. The number of hydrogen-bond donors (Lipinski definition) is 1. The van der Waals surface area contributed by atoms with Crippen LogP contribution in [0, 0.1) is 5.82 Å². The Morgan fingerprint density at radius 1 is 1.11 bits per heavy atom. The van der Waals surface area contributed by atoms with Crippen LogP contribution in [0.3, 0.4) is 0 Å². The first-order chi connectivity index (χ1) is 8.61. The molecule has 1 aliphatic carbocycles. The second-order valence-electron chi connectivity index (χ2n) is 4.75. The minimum absolute atomic E-state index is 0.211. The Labute approximate surface area is 110 Å². The number of fused-ring (bicyclic) bond motifs is 1. The Balaban J connectivity index is 2.18. The lowest BCUT2D eigenvalue weighted by Gasteiger charge is -2.27. The number of nitrogens with two attached hydrogens (primary N) is 1. The van der Waals surface area contributed by atoms with E-state index in [0.717, 1.165) is 29.5 Å². The molecule has 0 fully saturated rings. The largest absolute Gasteiger partial charge is 0.318 e. The zero-order chi connectivity index (χ0) is 12.8. The van der Waals surface area contributed by atoms with E-state index >= 15 is 0 Å². The van der Waals surface area contributed by atoms with Crippen LogP contribution in [0.2, 0.25) is 5.02 Å². The number of halogens is 2. The summed E-state index contributed by atoms with van der Waals surface area (Å²) in [4.78, 5) is 0. The summed E-state index contributed by atoms with van der Waals surface area (Å²) < 4.78 is 13.2. The molecule has 1 atom stereocenters. The molecule has 0 bridgehead atoms. The third-order valence-electron chi connectivity index (χ3n) is 3.69. The number of rotatable bonds is 1. The molecule has 0 aromatic heterocycles. The monoisotopic (exact) mass is 261 g/mol. The average molecular weight is 262 g/mol. The first-order valence-corrected chi connectivity index (χ1v) is 6.32. The molecule has 18 heavy (non-hydrogen) atoms. The van der Waals surface area contributed by atoms with Crippen molar-refractivity contribution in [3.05, 3.63) is 70.0 Å². The first kappa shape index (κ1) is 11.7. The lowest BCUT2D eigenvalue weighted by molar-refractivity contribution is 0.535. The SMILES string of the molecule is NC1(c2ccccc2Cl)CCc2cc(F)ccc21. The maximum atomic E-state index is 13.2. The Bertz CT molecular complexity index is 611. The highest BCUT2D eigenvalue weighted by atomic mass is 35.5. The maximum Gasteiger partial charge on any atom is 0.123 e. The Kier molecular flexibility index (Phi) is 2.65. The van der Waals surface area contributed by atoms with Crippen molar-refractivity contribution in [3.8, 4) is 0 Å². The summed E-state index contributed by atoms with van der Waals surface area (Å²) in [5.74, 6) is -0.211. The zero-order valence-electron chi connectivity index (χ0n) is 9.79. The summed E-state index contributed by atoms with van der Waals surface area (Å²) in [6, 6.07) is 12.4. The Morgan fingerprint density at radius 3 is 2.67 bits per heavy atom. The van der Waals surface area contributed by atoms with Gasteiger partial charge >= 0.3 is 0 Å². The van der Waals surface area contributed by atoms with Crippen LogP contribution in [0.4, 0.5) is 4.39 Å². The highest BCUT2D eigenvalue weighted by molar-refractivity contribution is 6.31. The quantitative estimate of drug-likeness (QED) is 0.834. The fourth-order valence-electron chi connectivity index (χ4n) is 2.77. The van der Waals surface area contributed by atoms with E-state index < -0.39 is 5.54 Å². The van der Waals surface area contributed by atoms with Crippen molar-refractivity contribution in [2.45, 2.75) is 18.4 Å². The molecule has 0 saturated carbocycles. The number of benzene rings is 2. The molecule has 1 unspecified atom stereocenters. The second-order valence-corrected chi connectivity index (χ2v) is 5.16. The topological polar surface area (TPSA) is 26.0 Å². The molecule has 0 saturated heterocycles. The molecular weight excluding hydrogens is 249 g/mol. The van der Waals surface area contributed by atoms with E-state index in [0.29, 0.717) is 5.02 Å². The van der Waals surface area contributed by atoms with Crippen LogP contribution < -0.4 is 5.73 Å². The van der Waals surface area contributed by atoms with Gasteiger partial charge in [-0.15, -0.1) is 0 Å². The first-order valence-electron chi connectivity index (χ1n) is 5.94. The summed E-state index contributed by atoms with van der Waals surface area (Å²) in [6.45, 7) is 0. The molecule has 3 heteroatoms. The lowest BCUT2D eigenvalue weighted by Crippen LogP contribution is -2.35. The molecule has 0 aliphatic heterocycles. The van der Waals surface area contributed by atoms with Gasteiger partial charge in [0.2, 0.25) is 0 Å². The van der Waals surface area contributed by atoms with Gasteiger partial charge in [-0.1, -0.05) is 35.9 Å². The molecule has 0 spiro atoms. The third kappa shape index (κ3) is 1.64. The van der Waals surface area contributed by atoms with Crippen molar-refractivity contribution in [3.63, 3.8) is 0 Å². The van der Waals surface area contributed by atoms with Gasteiger partial charge in [-0.2, -0.15) is 0 Å². The summed E-state index contributed by atoms with van der Waals surface area (Å²) in [7, 11) is 0. The predicted molar refractivity (Wildman–Crippen MR) is 71.1 cm³/mol. The summed E-state index contributed by atoms with van der Waals surface area (Å²) in [5.41, 5.74) is 8.82. The molecule has 2 aromatic rings. The normalized spacial score (nSPS) is 21.9. The molecule has 92 valence electrons. The van der Waals surface area contributed by atoms with Crippen LogP contribution in [0.5, 0.6) is 0 Å². The second kappa shape index (κ2) is 4.08. The minimum Gasteiger partial charge on any atom is -0.318 e. The summed E-state index contributed by atoms with van der Waals surface area (Å²) >= 11 is 6.24. The van der Waals surface area contributed by atoms with E-state index in [1.165, 1.54) is 6.07 Å². The Morgan fingerprint density at radius 2 is 1.89 bits per heavy atom. The molecular formula is C15H13ClFN. The third-order valence-corrected chi connectivity index (χ3v) is 4.02. The summed E-state index contributed by atoms with van der Waals surface area (Å²) in [5, 5.41) is 0.664. The van der Waals surface area contributed by atoms with Crippen molar-refractivity contribution in [1.29, 1.82) is 0 Å². The molecule has 0 amide bonds.